The molecule has 1 heterocycles. The van der Waals surface area contributed by atoms with Crippen LogP contribution in [-0.2, 0) is 7.05 Å². The zero-order chi connectivity index (χ0) is 13.1. The first-order valence-electron chi connectivity index (χ1n) is 5.23. The molecule has 0 unspecified atom stereocenters. The molecule has 0 aliphatic carbocycles. The number of nitrogens with zero attached hydrogens (tertiary/aromatic N) is 4. The van der Waals surface area contributed by atoms with E-state index in [1.54, 1.807) is 12.4 Å². The molecule has 0 radical (unpaired) electrons. The lowest BCUT2D eigenvalue weighted by Gasteiger charge is -2.10. The van der Waals surface area contributed by atoms with Gasteiger partial charge in [0, 0.05) is 17.5 Å². The van der Waals surface area contributed by atoms with Crippen molar-refractivity contribution in [2.24, 2.45) is 17.9 Å². The van der Waals surface area contributed by atoms with Crippen molar-refractivity contribution in [1.82, 2.24) is 14.8 Å². The molecule has 0 saturated heterocycles. The van der Waals surface area contributed by atoms with E-state index in [9.17, 15) is 0 Å². The van der Waals surface area contributed by atoms with Crippen LogP contribution in [0.4, 0.5) is 0 Å². The van der Waals surface area contributed by atoms with Gasteiger partial charge in [-0.3, -0.25) is 0 Å². The average molecular weight is 263 g/mol. The lowest BCUT2D eigenvalue weighted by molar-refractivity contribution is 0.318. The molecule has 3 N–H and O–H groups in total. The van der Waals surface area contributed by atoms with Crippen molar-refractivity contribution >= 4 is 17.6 Å². The minimum absolute atomic E-state index is 0.0865. The van der Waals surface area contributed by atoms with E-state index in [1.165, 1.54) is 11.8 Å². The van der Waals surface area contributed by atoms with E-state index in [1.807, 2.05) is 30.7 Å². The highest BCUT2D eigenvalue weighted by atomic mass is 32.2. The third-order valence-corrected chi connectivity index (χ3v) is 3.76. The molecule has 1 aromatic heterocycles. The molecular formula is C11H13N5OS. The number of rotatable bonds is 3. The Morgan fingerprint density at radius 2 is 2.28 bits per heavy atom. The van der Waals surface area contributed by atoms with Crippen LogP contribution in [0, 0.1) is 6.92 Å². The average Bonchev–Trinajstić information content (AvgIpc) is 2.76. The van der Waals surface area contributed by atoms with E-state index in [-0.39, 0.29) is 5.84 Å². The quantitative estimate of drug-likeness (QED) is 0.378. The molecule has 0 aliphatic rings. The molecule has 0 spiro atoms. The van der Waals surface area contributed by atoms with Crippen molar-refractivity contribution in [3.8, 4) is 0 Å². The van der Waals surface area contributed by atoms with Gasteiger partial charge in [-0.05, 0) is 30.3 Å². The maximum Gasteiger partial charge on any atom is 0.195 e. The first kappa shape index (κ1) is 12.4. The van der Waals surface area contributed by atoms with Crippen molar-refractivity contribution in [1.29, 1.82) is 0 Å². The summed E-state index contributed by atoms with van der Waals surface area (Å²) in [6.45, 7) is 1.97. The Balaban J connectivity index is 2.47. The Bertz CT molecular complexity index is 593. The number of amidine groups is 1. The van der Waals surface area contributed by atoms with Gasteiger partial charge in [-0.1, -0.05) is 17.3 Å². The Kier molecular flexibility index (Phi) is 3.52. The second-order valence-corrected chi connectivity index (χ2v) is 4.74. The first-order valence-corrected chi connectivity index (χ1v) is 6.04. The van der Waals surface area contributed by atoms with Gasteiger partial charge in [-0.25, -0.2) is 0 Å². The summed E-state index contributed by atoms with van der Waals surface area (Å²) in [6.07, 6.45) is 1.63. The molecule has 6 nitrogen and oxygen atoms in total. The molecule has 94 valence electrons. The smallest absolute Gasteiger partial charge is 0.195 e. The van der Waals surface area contributed by atoms with Crippen molar-refractivity contribution in [2.45, 2.75) is 17.0 Å². The van der Waals surface area contributed by atoms with Crippen LogP contribution in [0.3, 0.4) is 0 Å². The Morgan fingerprint density at radius 1 is 1.50 bits per heavy atom. The van der Waals surface area contributed by atoms with E-state index in [2.05, 4.69) is 15.4 Å². The second-order valence-electron chi connectivity index (χ2n) is 3.76. The molecule has 0 amide bonds. The predicted molar refractivity (Wildman–Crippen MR) is 68.8 cm³/mol. The molecule has 0 atom stereocenters. The minimum atomic E-state index is 0.0865. The van der Waals surface area contributed by atoms with Gasteiger partial charge in [0.2, 0.25) is 0 Å². The normalized spacial score (nSPS) is 11.8. The third-order valence-electron chi connectivity index (χ3n) is 2.46. The summed E-state index contributed by atoms with van der Waals surface area (Å²) in [5.74, 6) is 0.0865. The summed E-state index contributed by atoms with van der Waals surface area (Å²) >= 11 is 1.44. The topological polar surface area (TPSA) is 89.3 Å². The van der Waals surface area contributed by atoms with Crippen LogP contribution in [-0.4, -0.2) is 25.8 Å². The fourth-order valence-electron chi connectivity index (χ4n) is 1.50. The van der Waals surface area contributed by atoms with E-state index in [0.29, 0.717) is 5.56 Å². The van der Waals surface area contributed by atoms with Crippen LogP contribution in [0.15, 0.2) is 39.7 Å². The van der Waals surface area contributed by atoms with Crippen LogP contribution in [0.25, 0.3) is 0 Å². The Morgan fingerprint density at radius 3 is 2.89 bits per heavy atom. The SMILES string of the molecule is Cc1cccc(/C(N)=N/O)c1Sc1nncn1C. The van der Waals surface area contributed by atoms with Gasteiger partial charge < -0.3 is 15.5 Å². The van der Waals surface area contributed by atoms with E-state index in [4.69, 9.17) is 10.9 Å². The van der Waals surface area contributed by atoms with Gasteiger partial charge in [0.15, 0.2) is 11.0 Å². The summed E-state index contributed by atoms with van der Waals surface area (Å²) < 4.78 is 1.81. The summed E-state index contributed by atoms with van der Waals surface area (Å²) in [7, 11) is 1.86. The fraction of sp³-hybridized carbons (Fsp3) is 0.182. The Hall–Kier alpha value is -2.02. The summed E-state index contributed by atoms with van der Waals surface area (Å²) in [5, 5.41) is 20.4. The minimum Gasteiger partial charge on any atom is -0.409 e. The van der Waals surface area contributed by atoms with Gasteiger partial charge in [-0.2, -0.15) is 0 Å². The lowest BCUT2D eigenvalue weighted by Crippen LogP contribution is -2.14. The van der Waals surface area contributed by atoms with Crippen LogP contribution in [0.1, 0.15) is 11.1 Å². The molecule has 1 aromatic carbocycles. The number of nitrogens with two attached hydrogens (primary N) is 1. The lowest BCUT2D eigenvalue weighted by atomic mass is 10.1. The zero-order valence-corrected chi connectivity index (χ0v) is 10.8. The highest BCUT2D eigenvalue weighted by Gasteiger charge is 2.13. The van der Waals surface area contributed by atoms with E-state index < -0.39 is 0 Å². The second kappa shape index (κ2) is 5.09. The van der Waals surface area contributed by atoms with Crippen molar-refractivity contribution in [3.63, 3.8) is 0 Å². The highest BCUT2D eigenvalue weighted by molar-refractivity contribution is 7.99. The monoisotopic (exact) mass is 263 g/mol. The van der Waals surface area contributed by atoms with Crippen LogP contribution < -0.4 is 5.73 Å². The van der Waals surface area contributed by atoms with Gasteiger partial charge in [0.25, 0.3) is 0 Å². The van der Waals surface area contributed by atoms with Crippen molar-refractivity contribution < 1.29 is 5.21 Å². The zero-order valence-electron chi connectivity index (χ0n) is 10.0. The van der Waals surface area contributed by atoms with Gasteiger partial charge in [0.1, 0.15) is 6.33 Å². The standard InChI is InChI=1S/C11H13N5OS/c1-7-4-3-5-8(10(12)15-17)9(7)18-11-14-13-6-16(11)2/h3-6,17H,1-2H3,(H2,12,15). The molecule has 0 aliphatic heterocycles. The summed E-state index contributed by atoms with van der Waals surface area (Å²) in [4.78, 5) is 0.906. The number of oxime groups is 1. The van der Waals surface area contributed by atoms with E-state index >= 15 is 0 Å². The summed E-state index contributed by atoms with van der Waals surface area (Å²) in [5.41, 5.74) is 7.39. The molecule has 2 aromatic rings. The van der Waals surface area contributed by atoms with Crippen LogP contribution >= 0.6 is 11.8 Å². The fourth-order valence-corrected chi connectivity index (χ4v) is 2.47. The highest BCUT2D eigenvalue weighted by Crippen LogP contribution is 2.31. The van der Waals surface area contributed by atoms with Crippen molar-refractivity contribution in [2.75, 3.05) is 0 Å². The largest absolute Gasteiger partial charge is 0.409 e. The number of aromatic nitrogens is 3. The number of hydrogen-bond donors (Lipinski definition) is 2. The van der Waals surface area contributed by atoms with Crippen LogP contribution in [0.2, 0.25) is 0 Å². The van der Waals surface area contributed by atoms with Crippen LogP contribution in [0.5, 0.6) is 0 Å². The molecule has 0 fully saturated rings. The maximum absolute atomic E-state index is 8.80. The number of aryl methyl sites for hydroxylation is 2. The number of benzene rings is 1. The Labute approximate surface area is 109 Å². The van der Waals surface area contributed by atoms with Gasteiger partial charge in [0.05, 0.1) is 0 Å². The molecule has 0 saturated carbocycles. The molecule has 18 heavy (non-hydrogen) atoms. The molecule has 7 heteroatoms. The molecular weight excluding hydrogens is 250 g/mol. The number of hydrogen-bond acceptors (Lipinski definition) is 5. The predicted octanol–water partition coefficient (Wildman–Crippen LogP) is 1.37. The summed E-state index contributed by atoms with van der Waals surface area (Å²) in [6, 6.07) is 5.64. The third kappa shape index (κ3) is 2.30. The van der Waals surface area contributed by atoms with E-state index in [0.717, 1.165) is 15.6 Å². The first-order chi connectivity index (χ1) is 8.63. The van der Waals surface area contributed by atoms with Crippen molar-refractivity contribution in [3.05, 3.63) is 35.7 Å². The van der Waals surface area contributed by atoms with Gasteiger partial charge in [-0.15, -0.1) is 10.2 Å². The molecule has 0 bridgehead atoms. The van der Waals surface area contributed by atoms with Gasteiger partial charge >= 0.3 is 0 Å². The maximum atomic E-state index is 8.80. The molecule has 2 rings (SSSR count).